The van der Waals surface area contributed by atoms with Crippen molar-refractivity contribution >= 4 is 33.3 Å². The first kappa shape index (κ1) is 10.5. The van der Waals surface area contributed by atoms with Gasteiger partial charge < -0.3 is 16.0 Å². The van der Waals surface area contributed by atoms with Crippen molar-refractivity contribution in [2.75, 3.05) is 31.1 Å². The van der Waals surface area contributed by atoms with Crippen molar-refractivity contribution in [1.82, 2.24) is 15.5 Å². The minimum absolute atomic E-state index is 0.383. The Balaban J connectivity index is 2.00. The number of nitrogens with zero attached hydrogens (tertiary/aromatic N) is 2. The third kappa shape index (κ3) is 1.77. The van der Waals surface area contributed by atoms with E-state index in [4.69, 9.17) is 5.73 Å². The molecule has 0 atom stereocenters. The van der Waals surface area contributed by atoms with Crippen LogP contribution in [0.25, 0.3) is 10.2 Å². The number of nitrogens with two attached hydrogens (primary N) is 1. The maximum atomic E-state index is 11.1. The zero-order valence-electron chi connectivity index (χ0n) is 9.19. The van der Waals surface area contributed by atoms with Crippen LogP contribution in [-0.2, 0) is 0 Å². The van der Waals surface area contributed by atoms with Crippen molar-refractivity contribution in [3.63, 3.8) is 0 Å². The predicted molar refractivity (Wildman–Crippen MR) is 67.6 cm³/mol. The van der Waals surface area contributed by atoms with E-state index in [0.717, 1.165) is 42.2 Å². The molecule has 0 unspecified atom stereocenters. The Hall–Kier alpha value is -1.60. The molecule has 0 saturated carbocycles. The molecule has 1 aliphatic rings. The van der Waals surface area contributed by atoms with E-state index in [0.29, 0.717) is 4.88 Å². The van der Waals surface area contributed by atoms with Crippen LogP contribution in [0.5, 0.6) is 0 Å². The summed E-state index contributed by atoms with van der Waals surface area (Å²) >= 11 is 1.36. The van der Waals surface area contributed by atoms with Gasteiger partial charge in [-0.2, -0.15) is 5.10 Å². The molecule has 4 N–H and O–H groups in total. The molecule has 0 aliphatic carbocycles. The Labute approximate surface area is 102 Å². The van der Waals surface area contributed by atoms with E-state index < -0.39 is 0 Å². The van der Waals surface area contributed by atoms with Crippen LogP contribution in [0.3, 0.4) is 0 Å². The molecule has 1 amide bonds. The zero-order chi connectivity index (χ0) is 11.8. The number of aromatic nitrogens is 2. The van der Waals surface area contributed by atoms with Gasteiger partial charge in [0.1, 0.15) is 4.83 Å². The number of hydrogen-bond donors (Lipinski definition) is 3. The van der Waals surface area contributed by atoms with Crippen LogP contribution >= 0.6 is 11.3 Å². The molecular formula is C10H13N5OS. The van der Waals surface area contributed by atoms with Crippen LogP contribution < -0.4 is 16.0 Å². The number of carbonyl (C=O) groups excluding carboxylic acids is 1. The summed E-state index contributed by atoms with van der Waals surface area (Å²) in [5.41, 5.74) is 5.28. The highest BCUT2D eigenvalue weighted by Crippen LogP contribution is 2.31. The maximum Gasteiger partial charge on any atom is 0.258 e. The molecule has 1 fully saturated rings. The third-order valence-electron chi connectivity index (χ3n) is 2.90. The Bertz CT molecular complexity index is 554. The van der Waals surface area contributed by atoms with Crippen LogP contribution in [0.4, 0.5) is 5.82 Å². The highest BCUT2D eigenvalue weighted by Gasteiger charge is 2.19. The van der Waals surface area contributed by atoms with E-state index in [2.05, 4.69) is 20.4 Å². The number of H-pyrrole nitrogens is 1. The molecule has 0 radical (unpaired) electrons. The summed E-state index contributed by atoms with van der Waals surface area (Å²) in [7, 11) is 0. The van der Waals surface area contributed by atoms with Crippen LogP contribution in [0.15, 0.2) is 6.07 Å². The van der Waals surface area contributed by atoms with E-state index in [1.54, 1.807) is 0 Å². The molecule has 7 heteroatoms. The van der Waals surface area contributed by atoms with Crippen molar-refractivity contribution < 1.29 is 4.79 Å². The molecule has 6 nitrogen and oxygen atoms in total. The number of piperazine rings is 1. The number of carbonyl (C=O) groups is 1. The van der Waals surface area contributed by atoms with E-state index in [9.17, 15) is 4.79 Å². The first-order valence-electron chi connectivity index (χ1n) is 5.49. The average Bonchev–Trinajstić information content (AvgIpc) is 2.89. The number of primary amides is 1. The maximum absolute atomic E-state index is 11.1. The highest BCUT2D eigenvalue weighted by atomic mass is 32.1. The van der Waals surface area contributed by atoms with Gasteiger partial charge in [-0.3, -0.25) is 9.89 Å². The standard InChI is InChI=1S/C10H13N5OS/c11-8(16)7-5-6-9(13-14-10(6)17-7)15-3-1-12-2-4-15/h5,12H,1-4H2,(H2,11,16)(H,13,14). The largest absolute Gasteiger partial charge is 0.365 e. The minimum Gasteiger partial charge on any atom is -0.365 e. The van der Waals surface area contributed by atoms with E-state index in [1.807, 2.05) is 6.07 Å². The molecule has 2 aromatic heterocycles. The van der Waals surface area contributed by atoms with Gasteiger partial charge >= 0.3 is 0 Å². The Morgan fingerprint density at radius 1 is 1.47 bits per heavy atom. The van der Waals surface area contributed by atoms with E-state index >= 15 is 0 Å². The van der Waals surface area contributed by atoms with Gasteiger partial charge in [0.15, 0.2) is 5.82 Å². The van der Waals surface area contributed by atoms with Crippen molar-refractivity contribution in [1.29, 1.82) is 0 Å². The number of thiophene rings is 1. The van der Waals surface area contributed by atoms with Gasteiger partial charge in [-0.1, -0.05) is 0 Å². The van der Waals surface area contributed by atoms with Crippen LogP contribution in [-0.4, -0.2) is 42.3 Å². The lowest BCUT2D eigenvalue weighted by Gasteiger charge is -2.27. The molecule has 3 rings (SSSR count). The zero-order valence-corrected chi connectivity index (χ0v) is 10.0. The number of amides is 1. The second-order valence-electron chi connectivity index (χ2n) is 4.00. The Morgan fingerprint density at radius 2 is 2.24 bits per heavy atom. The molecule has 3 heterocycles. The first-order valence-corrected chi connectivity index (χ1v) is 6.31. The smallest absolute Gasteiger partial charge is 0.258 e. The van der Waals surface area contributed by atoms with Crippen molar-refractivity contribution in [3.8, 4) is 0 Å². The van der Waals surface area contributed by atoms with E-state index in [1.165, 1.54) is 11.3 Å². The van der Waals surface area contributed by atoms with Crippen LogP contribution in [0.2, 0.25) is 0 Å². The predicted octanol–water partition coefficient (Wildman–Crippen LogP) is 0.133. The molecule has 1 saturated heterocycles. The number of nitrogens with one attached hydrogen (secondary N) is 2. The summed E-state index contributed by atoms with van der Waals surface area (Å²) in [5, 5.41) is 11.6. The summed E-state index contributed by atoms with van der Waals surface area (Å²) < 4.78 is 0. The molecular weight excluding hydrogens is 238 g/mol. The monoisotopic (exact) mass is 251 g/mol. The lowest BCUT2D eigenvalue weighted by molar-refractivity contribution is 0.100. The summed E-state index contributed by atoms with van der Waals surface area (Å²) in [4.78, 5) is 14.8. The normalized spacial score (nSPS) is 16.6. The topological polar surface area (TPSA) is 87.0 Å². The molecule has 2 aromatic rings. The number of fused-ring (bicyclic) bond motifs is 1. The summed E-state index contributed by atoms with van der Waals surface area (Å²) in [6.07, 6.45) is 0. The van der Waals surface area contributed by atoms with Gasteiger partial charge in [-0.15, -0.1) is 11.3 Å². The number of hydrogen-bond acceptors (Lipinski definition) is 5. The summed E-state index contributed by atoms with van der Waals surface area (Å²) in [6, 6.07) is 1.82. The highest BCUT2D eigenvalue weighted by molar-refractivity contribution is 7.20. The number of aromatic amines is 1. The van der Waals surface area contributed by atoms with Gasteiger partial charge in [0.25, 0.3) is 5.91 Å². The first-order chi connectivity index (χ1) is 8.25. The second-order valence-corrected chi connectivity index (χ2v) is 5.05. The van der Waals surface area contributed by atoms with Crippen LogP contribution in [0.1, 0.15) is 9.67 Å². The molecule has 1 aliphatic heterocycles. The summed E-state index contributed by atoms with van der Waals surface area (Å²) in [6.45, 7) is 3.78. The molecule has 0 spiro atoms. The van der Waals surface area contributed by atoms with Gasteiger partial charge in [-0.05, 0) is 6.07 Å². The van der Waals surface area contributed by atoms with Crippen LogP contribution in [0, 0.1) is 0 Å². The SMILES string of the molecule is NC(=O)c1cc2c(N3CCNCC3)n[nH]c2s1. The number of rotatable bonds is 2. The van der Waals surface area contributed by atoms with Gasteiger partial charge in [0, 0.05) is 26.2 Å². The Kier molecular flexibility index (Phi) is 2.49. The fourth-order valence-electron chi connectivity index (χ4n) is 2.04. The fourth-order valence-corrected chi connectivity index (χ4v) is 2.89. The summed E-state index contributed by atoms with van der Waals surface area (Å²) in [5.74, 6) is 0.538. The van der Waals surface area contributed by atoms with Crippen molar-refractivity contribution in [2.45, 2.75) is 0 Å². The quantitative estimate of drug-likeness (QED) is 0.708. The lowest BCUT2D eigenvalue weighted by atomic mass is 10.3. The van der Waals surface area contributed by atoms with Crippen molar-refractivity contribution in [2.24, 2.45) is 5.73 Å². The average molecular weight is 251 g/mol. The Morgan fingerprint density at radius 3 is 2.94 bits per heavy atom. The van der Waals surface area contributed by atoms with E-state index in [-0.39, 0.29) is 5.91 Å². The third-order valence-corrected chi connectivity index (χ3v) is 3.95. The fraction of sp³-hybridized carbons (Fsp3) is 0.400. The lowest BCUT2D eigenvalue weighted by Crippen LogP contribution is -2.43. The van der Waals surface area contributed by atoms with Gasteiger partial charge in [0.2, 0.25) is 0 Å². The molecule has 90 valence electrons. The second kappa shape index (κ2) is 4.01. The van der Waals surface area contributed by atoms with Gasteiger partial charge in [-0.25, -0.2) is 0 Å². The molecule has 0 bridgehead atoms. The van der Waals surface area contributed by atoms with Crippen molar-refractivity contribution in [3.05, 3.63) is 10.9 Å². The van der Waals surface area contributed by atoms with Gasteiger partial charge in [0.05, 0.1) is 10.3 Å². The minimum atomic E-state index is -0.383. The molecule has 17 heavy (non-hydrogen) atoms. The number of anilines is 1. The molecule has 0 aromatic carbocycles.